The maximum absolute atomic E-state index is 13.6. The molecule has 4 amide bonds. The van der Waals surface area contributed by atoms with E-state index in [0.29, 0.717) is 23.6 Å². The number of aryl methyl sites for hydroxylation is 1. The van der Waals surface area contributed by atoms with Crippen molar-refractivity contribution >= 4 is 29.5 Å². The molecule has 3 aliphatic rings. The molecule has 2 aromatic carbocycles. The monoisotopic (exact) mass is 558 g/mol. The lowest BCUT2D eigenvalue weighted by Gasteiger charge is -2.30. The molecule has 1 saturated heterocycles. The molecule has 0 bridgehead atoms. The molecule has 1 spiro atoms. The smallest absolute Gasteiger partial charge is 0.418 e. The van der Waals surface area contributed by atoms with Crippen molar-refractivity contribution in [3.63, 3.8) is 0 Å². The van der Waals surface area contributed by atoms with Crippen molar-refractivity contribution in [3.8, 4) is 0 Å². The number of ether oxygens (including phenoxy) is 1. The number of carbonyl (C=O) groups excluding carboxylic acids is 4. The summed E-state index contributed by atoms with van der Waals surface area (Å²) in [6.45, 7) is 1.84. The van der Waals surface area contributed by atoms with Gasteiger partial charge >= 0.3 is 12.3 Å². The second-order valence-corrected chi connectivity index (χ2v) is 10.6. The van der Waals surface area contributed by atoms with Crippen LogP contribution >= 0.6 is 0 Å². The number of amides is 4. The van der Waals surface area contributed by atoms with Crippen molar-refractivity contribution in [1.82, 2.24) is 9.80 Å². The number of benzene rings is 2. The second-order valence-electron chi connectivity index (χ2n) is 10.6. The average molecular weight is 559 g/mol. The minimum atomic E-state index is -4.90. The van der Waals surface area contributed by atoms with Crippen molar-refractivity contribution in [2.24, 2.45) is 11.7 Å². The van der Waals surface area contributed by atoms with Gasteiger partial charge in [-0.1, -0.05) is 36.4 Å². The molecule has 3 atom stereocenters. The van der Waals surface area contributed by atoms with Crippen molar-refractivity contribution in [1.29, 1.82) is 0 Å². The van der Waals surface area contributed by atoms with Gasteiger partial charge in [-0.05, 0) is 55.4 Å². The topological polar surface area (TPSA) is 122 Å². The number of halogens is 3. The van der Waals surface area contributed by atoms with Crippen LogP contribution in [0.4, 0.5) is 23.7 Å². The lowest BCUT2D eigenvalue weighted by atomic mass is 9.94. The van der Waals surface area contributed by atoms with Gasteiger partial charge in [0.2, 0.25) is 11.5 Å². The van der Waals surface area contributed by atoms with E-state index in [0.717, 1.165) is 23.3 Å². The molecule has 212 valence electrons. The molecular formula is C28H29F3N4O5. The van der Waals surface area contributed by atoms with Crippen LogP contribution in [0.2, 0.25) is 0 Å². The van der Waals surface area contributed by atoms with Gasteiger partial charge in [-0.3, -0.25) is 14.4 Å². The predicted octanol–water partition coefficient (Wildman–Crippen LogP) is 3.46. The van der Waals surface area contributed by atoms with Crippen molar-refractivity contribution in [2.75, 3.05) is 11.9 Å². The van der Waals surface area contributed by atoms with Crippen molar-refractivity contribution in [2.45, 2.75) is 63.0 Å². The van der Waals surface area contributed by atoms with Gasteiger partial charge < -0.3 is 20.7 Å². The van der Waals surface area contributed by atoms with E-state index >= 15 is 0 Å². The third-order valence-corrected chi connectivity index (χ3v) is 7.87. The number of carbonyl (C=O) groups is 4. The average Bonchev–Trinajstić information content (AvgIpc) is 3.67. The lowest BCUT2D eigenvalue weighted by molar-refractivity contribution is -0.159. The van der Waals surface area contributed by atoms with E-state index in [1.54, 1.807) is 4.90 Å². The molecule has 3 N–H and O–H groups in total. The highest BCUT2D eigenvalue weighted by molar-refractivity contribution is 6.06. The van der Waals surface area contributed by atoms with E-state index in [-0.39, 0.29) is 30.5 Å². The van der Waals surface area contributed by atoms with E-state index in [1.165, 1.54) is 18.2 Å². The molecule has 2 aliphatic carbocycles. The van der Waals surface area contributed by atoms with Gasteiger partial charge in [0.15, 0.2) is 6.04 Å². The minimum absolute atomic E-state index is 0.0647. The molecule has 1 aliphatic heterocycles. The number of anilines is 1. The zero-order valence-corrected chi connectivity index (χ0v) is 21.7. The lowest BCUT2D eigenvalue weighted by Crippen LogP contribution is -2.47. The number of nitrogens with one attached hydrogen (secondary N) is 1. The second kappa shape index (κ2) is 10.2. The number of fused-ring (bicyclic) bond motifs is 2. The maximum atomic E-state index is 13.6. The van der Waals surface area contributed by atoms with Crippen LogP contribution in [-0.2, 0) is 37.7 Å². The summed E-state index contributed by atoms with van der Waals surface area (Å²) in [5.41, 5.74) is 5.22. The van der Waals surface area contributed by atoms with E-state index in [4.69, 9.17) is 10.5 Å². The number of alkyl halides is 3. The number of nitrogens with zero attached hydrogens (tertiary/aromatic N) is 2. The predicted molar refractivity (Wildman–Crippen MR) is 136 cm³/mol. The summed E-state index contributed by atoms with van der Waals surface area (Å²) in [6, 6.07) is 10.9. The van der Waals surface area contributed by atoms with Crippen LogP contribution in [0.1, 0.15) is 42.9 Å². The van der Waals surface area contributed by atoms with Gasteiger partial charge in [-0.15, -0.1) is 0 Å². The van der Waals surface area contributed by atoms with Crippen LogP contribution in [-0.4, -0.2) is 58.4 Å². The summed E-state index contributed by atoms with van der Waals surface area (Å²) in [6.07, 6.45) is -3.45. The van der Waals surface area contributed by atoms with Crippen LogP contribution in [0.15, 0.2) is 48.5 Å². The van der Waals surface area contributed by atoms with Crippen molar-refractivity contribution in [3.05, 3.63) is 65.2 Å². The van der Waals surface area contributed by atoms with Crippen LogP contribution in [0.25, 0.3) is 0 Å². The number of imide groups is 1. The fourth-order valence-corrected chi connectivity index (χ4v) is 5.40. The fraction of sp³-hybridized carbons (Fsp3) is 0.429. The van der Waals surface area contributed by atoms with Gasteiger partial charge in [0, 0.05) is 30.3 Å². The first-order chi connectivity index (χ1) is 18.9. The van der Waals surface area contributed by atoms with E-state index in [2.05, 4.69) is 5.32 Å². The third-order valence-electron chi connectivity index (χ3n) is 7.87. The summed E-state index contributed by atoms with van der Waals surface area (Å²) in [4.78, 5) is 54.4. The summed E-state index contributed by atoms with van der Waals surface area (Å²) in [7, 11) is 0. The zero-order valence-electron chi connectivity index (χ0n) is 21.7. The molecule has 40 heavy (non-hydrogen) atoms. The minimum Gasteiger partial charge on any atom is -0.427 e. The first kappa shape index (κ1) is 27.6. The zero-order chi connectivity index (χ0) is 28.8. The fourth-order valence-electron chi connectivity index (χ4n) is 5.40. The van der Waals surface area contributed by atoms with Gasteiger partial charge in [0.1, 0.15) is 6.54 Å². The molecule has 1 saturated carbocycles. The van der Waals surface area contributed by atoms with Gasteiger partial charge in [0.25, 0.3) is 11.8 Å². The molecule has 0 radical (unpaired) electrons. The molecule has 0 aromatic heterocycles. The van der Waals surface area contributed by atoms with E-state index < -0.39 is 42.3 Å². The Labute approximate surface area is 228 Å². The standard InChI is InChI=1S/C28H29F3N4O5/c1-16(18-7-8-18)34(14-17-5-3-2-4-6-17)22(36)15-35-25(38)27(40-26(35)39)12-11-19-13-20(9-10-21(19)27)33-24(37)23(32)28(29,30)31/h2-6,9-10,13,16,18,23H,7-8,11-12,14-15,32H2,1H3,(H,33,37)/t16-,23+,27+/m0/s1. The number of hydrogen-bond acceptors (Lipinski definition) is 6. The van der Waals surface area contributed by atoms with E-state index in [9.17, 15) is 32.3 Å². The molecular weight excluding hydrogens is 529 g/mol. The Morgan fingerprint density at radius 1 is 1.18 bits per heavy atom. The van der Waals surface area contributed by atoms with Gasteiger partial charge in [-0.2, -0.15) is 13.2 Å². The first-order valence-corrected chi connectivity index (χ1v) is 13.1. The van der Waals surface area contributed by atoms with Crippen molar-refractivity contribution < 1.29 is 37.1 Å². The highest BCUT2D eigenvalue weighted by Crippen LogP contribution is 2.46. The summed E-state index contributed by atoms with van der Waals surface area (Å²) in [5.74, 6) is -2.10. The molecule has 2 aromatic rings. The Kier molecular flexibility index (Phi) is 7.07. The van der Waals surface area contributed by atoms with E-state index in [1.807, 2.05) is 37.3 Å². The molecule has 12 heteroatoms. The van der Waals surface area contributed by atoms with Gasteiger partial charge in [-0.25, -0.2) is 9.69 Å². The van der Waals surface area contributed by atoms with Gasteiger partial charge in [0.05, 0.1) is 0 Å². The normalized spacial score (nSPS) is 21.7. The molecule has 5 rings (SSSR count). The highest BCUT2D eigenvalue weighted by atomic mass is 19.4. The Morgan fingerprint density at radius 2 is 1.88 bits per heavy atom. The SMILES string of the molecule is C[C@@H](C1CC1)N(Cc1ccccc1)C(=O)CN1C(=O)O[C@@]2(CCc3cc(NC(=O)[C@@H](N)C(F)(F)F)ccc32)C1=O. The number of rotatable bonds is 8. The molecule has 1 heterocycles. The quantitative estimate of drug-likeness (QED) is 0.512. The Hall–Kier alpha value is -3.93. The summed E-state index contributed by atoms with van der Waals surface area (Å²) >= 11 is 0. The largest absolute Gasteiger partial charge is 0.427 e. The third kappa shape index (κ3) is 5.15. The molecule has 2 fully saturated rings. The molecule has 0 unspecified atom stereocenters. The first-order valence-electron chi connectivity index (χ1n) is 13.1. The summed E-state index contributed by atoms with van der Waals surface area (Å²) in [5, 5.41) is 2.13. The van der Waals surface area contributed by atoms with Crippen LogP contribution in [0, 0.1) is 5.92 Å². The van der Waals surface area contributed by atoms with Crippen LogP contribution in [0.3, 0.4) is 0 Å². The Morgan fingerprint density at radius 3 is 2.52 bits per heavy atom. The number of nitrogens with two attached hydrogens (primary N) is 1. The Bertz CT molecular complexity index is 1350. The molecule has 9 nitrogen and oxygen atoms in total. The van der Waals surface area contributed by atoms with Crippen LogP contribution < -0.4 is 11.1 Å². The number of hydrogen-bond donors (Lipinski definition) is 2. The Balaban J connectivity index is 1.32. The maximum Gasteiger partial charge on any atom is 0.418 e. The highest BCUT2D eigenvalue weighted by Gasteiger charge is 2.58. The summed E-state index contributed by atoms with van der Waals surface area (Å²) < 4.78 is 43.9. The van der Waals surface area contributed by atoms with Crippen LogP contribution in [0.5, 0.6) is 0 Å².